The number of nitrogens with zero attached hydrogens (tertiary/aromatic N) is 1. The summed E-state index contributed by atoms with van der Waals surface area (Å²) in [7, 11) is 0. The monoisotopic (exact) mass is 264 g/mol. The predicted molar refractivity (Wildman–Crippen MR) is 80.5 cm³/mol. The topological polar surface area (TPSA) is 38.9 Å². The third-order valence-corrected chi connectivity index (χ3v) is 5.14. The molecule has 0 saturated carbocycles. The van der Waals surface area contributed by atoms with Gasteiger partial charge in [-0.3, -0.25) is 4.98 Å². The first-order chi connectivity index (χ1) is 9.79. The maximum Gasteiger partial charge on any atom is 0.0500 e. The lowest BCUT2D eigenvalue weighted by Gasteiger charge is -2.38. The van der Waals surface area contributed by atoms with Gasteiger partial charge in [0.05, 0.1) is 0 Å². The van der Waals surface area contributed by atoms with Crippen molar-refractivity contribution in [3.8, 4) is 0 Å². The molecule has 2 nitrogen and oxygen atoms in total. The van der Waals surface area contributed by atoms with Gasteiger partial charge in [0.2, 0.25) is 0 Å². The second-order valence-corrected chi connectivity index (χ2v) is 6.19. The van der Waals surface area contributed by atoms with Gasteiger partial charge in [0, 0.05) is 23.3 Å². The molecule has 1 aromatic carbocycles. The average molecular weight is 264 g/mol. The van der Waals surface area contributed by atoms with Gasteiger partial charge in [-0.25, -0.2) is 0 Å². The Morgan fingerprint density at radius 2 is 1.90 bits per heavy atom. The van der Waals surface area contributed by atoms with E-state index in [1.807, 2.05) is 12.3 Å². The molecule has 1 heterocycles. The molecule has 0 amide bonds. The number of hydrogen-bond donors (Lipinski definition) is 1. The van der Waals surface area contributed by atoms with Crippen LogP contribution in [0.15, 0.2) is 42.6 Å². The number of fused-ring (bicyclic) bond motifs is 2. The van der Waals surface area contributed by atoms with Crippen molar-refractivity contribution in [2.45, 2.75) is 43.6 Å². The summed E-state index contributed by atoms with van der Waals surface area (Å²) in [6, 6.07) is 13.0. The Morgan fingerprint density at radius 1 is 1.05 bits per heavy atom. The molecule has 102 valence electrons. The summed E-state index contributed by atoms with van der Waals surface area (Å²) in [4.78, 5) is 4.68. The molecule has 2 unspecified atom stereocenters. The quantitative estimate of drug-likeness (QED) is 0.858. The third-order valence-electron chi connectivity index (χ3n) is 5.14. The highest BCUT2D eigenvalue weighted by Crippen LogP contribution is 2.48. The van der Waals surface area contributed by atoms with E-state index in [9.17, 15) is 0 Å². The molecule has 0 bridgehead atoms. The van der Waals surface area contributed by atoms with Crippen LogP contribution in [0.3, 0.4) is 0 Å². The minimum absolute atomic E-state index is 0.222. The normalized spacial score (nSPS) is 27.9. The standard InChI is InChI=1S/C18H20N2/c19-18(11-10-13-5-1-2-8-15(13)18)16-9-3-6-14-7-4-12-20-17(14)16/h1-2,4-5,7-8,12,16H,3,6,9-11,19H2. The number of aryl methyl sites for hydroxylation is 2. The number of aromatic nitrogens is 1. The lowest BCUT2D eigenvalue weighted by atomic mass is 9.71. The Balaban J connectivity index is 1.83. The fourth-order valence-corrected chi connectivity index (χ4v) is 4.14. The van der Waals surface area contributed by atoms with E-state index in [0.29, 0.717) is 5.92 Å². The van der Waals surface area contributed by atoms with Crippen LogP contribution in [-0.2, 0) is 18.4 Å². The van der Waals surface area contributed by atoms with Crippen molar-refractivity contribution in [1.29, 1.82) is 0 Å². The maximum atomic E-state index is 6.92. The van der Waals surface area contributed by atoms with Crippen molar-refractivity contribution in [2.75, 3.05) is 0 Å². The molecule has 2 aliphatic rings. The van der Waals surface area contributed by atoms with Crippen molar-refractivity contribution in [3.05, 3.63) is 65.0 Å². The van der Waals surface area contributed by atoms with Crippen LogP contribution in [0, 0.1) is 0 Å². The van der Waals surface area contributed by atoms with Crippen LogP contribution in [0.2, 0.25) is 0 Å². The van der Waals surface area contributed by atoms with E-state index in [4.69, 9.17) is 5.73 Å². The average Bonchev–Trinajstić information content (AvgIpc) is 2.86. The first-order valence-electron chi connectivity index (χ1n) is 7.60. The molecule has 2 N–H and O–H groups in total. The first kappa shape index (κ1) is 12.1. The minimum atomic E-state index is -0.222. The van der Waals surface area contributed by atoms with Gasteiger partial charge in [0.15, 0.2) is 0 Å². The molecule has 4 rings (SSSR count). The van der Waals surface area contributed by atoms with E-state index in [2.05, 4.69) is 35.3 Å². The predicted octanol–water partition coefficient (Wildman–Crippen LogP) is 3.30. The van der Waals surface area contributed by atoms with Gasteiger partial charge in [-0.1, -0.05) is 30.3 Å². The zero-order chi connectivity index (χ0) is 13.6. The van der Waals surface area contributed by atoms with Crippen molar-refractivity contribution < 1.29 is 0 Å². The SMILES string of the molecule is NC1(C2CCCc3cccnc32)CCc2ccccc21. The maximum absolute atomic E-state index is 6.92. The second-order valence-electron chi connectivity index (χ2n) is 6.19. The van der Waals surface area contributed by atoms with Crippen molar-refractivity contribution in [2.24, 2.45) is 5.73 Å². The molecule has 2 atom stereocenters. The highest BCUT2D eigenvalue weighted by Gasteiger charge is 2.44. The Bertz CT molecular complexity index is 649. The fraction of sp³-hybridized carbons (Fsp3) is 0.389. The summed E-state index contributed by atoms with van der Waals surface area (Å²) in [5.41, 5.74) is 12.1. The smallest absolute Gasteiger partial charge is 0.0500 e. The van der Waals surface area contributed by atoms with Gasteiger partial charge >= 0.3 is 0 Å². The van der Waals surface area contributed by atoms with Crippen molar-refractivity contribution >= 4 is 0 Å². The number of benzene rings is 1. The van der Waals surface area contributed by atoms with Gasteiger partial charge < -0.3 is 5.73 Å². The van der Waals surface area contributed by atoms with Crippen LogP contribution in [0.25, 0.3) is 0 Å². The summed E-state index contributed by atoms with van der Waals surface area (Å²) < 4.78 is 0. The largest absolute Gasteiger partial charge is 0.321 e. The van der Waals surface area contributed by atoms with Gasteiger partial charge in [-0.15, -0.1) is 0 Å². The number of pyridine rings is 1. The van der Waals surface area contributed by atoms with Crippen LogP contribution >= 0.6 is 0 Å². The Hall–Kier alpha value is -1.67. The van der Waals surface area contributed by atoms with Crippen molar-refractivity contribution in [1.82, 2.24) is 4.98 Å². The minimum Gasteiger partial charge on any atom is -0.321 e. The third kappa shape index (κ3) is 1.64. The van der Waals surface area contributed by atoms with E-state index in [1.165, 1.54) is 28.8 Å². The second kappa shape index (κ2) is 4.42. The number of nitrogens with two attached hydrogens (primary N) is 1. The van der Waals surface area contributed by atoms with Gasteiger partial charge in [0.25, 0.3) is 0 Å². The van der Waals surface area contributed by atoms with E-state index >= 15 is 0 Å². The summed E-state index contributed by atoms with van der Waals surface area (Å²) in [6.45, 7) is 0. The number of rotatable bonds is 1. The van der Waals surface area contributed by atoms with Gasteiger partial charge in [-0.2, -0.15) is 0 Å². The van der Waals surface area contributed by atoms with Crippen LogP contribution in [0.5, 0.6) is 0 Å². The molecule has 2 aromatic rings. The molecule has 0 fully saturated rings. The Kier molecular flexibility index (Phi) is 2.67. The summed E-state index contributed by atoms with van der Waals surface area (Å²) in [5, 5.41) is 0. The molecular formula is C18H20N2. The zero-order valence-corrected chi connectivity index (χ0v) is 11.7. The molecule has 2 aliphatic carbocycles. The number of hydrogen-bond acceptors (Lipinski definition) is 2. The molecule has 20 heavy (non-hydrogen) atoms. The van der Waals surface area contributed by atoms with E-state index in [1.54, 1.807) is 0 Å². The lowest BCUT2D eigenvalue weighted by Crippen LogP contribution is -2.42. The first-order valence-corrected chi connectivity index (χ1v) is 7.60. The van der Waals surface area contributed by atoms with E-state index in [0.717, 1.165) is 25.7 Å². The molecule has 0 spiro atoms. The Labute approximate surface area is 120 Å². The molecule has 1 aromatic heterocycles. The van der Waals surface area contributed by atoms with Gasteiger partial charge in [0.1, 0.15) is 0 Å². The molecule has 0 aliphatic heterocycles. The molecular weight excluding hydrogens is 244 g/mol. The summed E-state index contributed by atoms with van der Waals surface area (Å²) >= 11 is 0. The lowest BCUT2D eigenvalue weighted by molar-refractivity contribution is 0.312. The summed E-state index contributed by atoms with van der Waals surface area (Å²) in [6.07, 6.45) is 7.61. The molecule has 0 saturated heterocycles. The van der Waals surface area contributed by atoms with E-state index < -0.39 is 0 Å². The summed E-state index contributed by atoms with van der Waals surface area (Å²) in [5.74, 6) is 0.371. The van der Waals surface area contributed by atoms with Crippen LogP contribution in [0.4, 0.5) is 0 Å². The molecule has 2 heteroatoms. The fourth-order valence-electron chi connectivity index (χ4n) is 4.14. The van der Waals surface area contributed by atoms with Crippen LogP contribution in [0.1, 0.15) is 47.6 Å². The van der Waals surface area contributed by atoms with Crippen LogP contribution < -0.4 is 5.73 Å². The van der Waals surface area contributed by atoms with Crippen molar-refractivity contribution in [3.63, 3.8) is 0 Å². The Morgan fingerprint density at radius 3 is 2.85 bits per heavy atom. The van der Waals surface area contributed by atoms with Crippen LogP contribution in [-0.4, -0.2) is 4.98 Å². The molecule has 0 radical (unpaired) electrons. The highest BCUT2D eigenvalue weighted by atomic mass is 14.8. The van der Waals surface area contributed by atoms with E-state index in [-0.39, 0.29) is 5.54 Å². The zero-order valence-electron chi connectivity index (χ0n) is 11.7. The van der Waals surface area contributed by atoms with Gasteiger partial charge in [-0.05, 0) is 54.9 Å². The highest BCUT2D eigenvalue weighted by molar-refractivity contribution is 5.43.